The molecule has 4 heteroatoms. The molecule has 0 aliphatic rings. The molecule has 1 amide bonds. The van der Waals surface area contributed by atoms with E-state index in [4.69, 9.17) is 9.47 Å². The predicted molar refractivity (Wildman–Crippen MR) is 77.2 cm³/mol. The summed E-state index contributed by atoms with van der Waals surface area (Å²) >= 11 is 0. The maximum Gasteiger partial charge on any atom is 0.251 e. The Morgan fingerprint density at radius 1 is 0.950 bits per heavy atom. The van der Waals surface area contributed by atoms with Crippen LogP contribution in [-0.4, -0.2) is 20.1 Å². The summed E-state index contributed by atoms with van der Waals surface area (Å²) in [4.78, 5) is 12.0. The first-order chi connectivity index (χ1) is 9.76. The minimum Gasteiger partial charge on any atom is -0.496 e. The van der Waals surface area contributed by atoms with Crippen molar-refractivity contribution in [2.75, 3.05) is 14.2 Å². The van der Waals surface area contributed by atoms with E-state index in [-0.39, 0.29) is 5.91 Å². The number of carbonyl (C=O) groups excluding carboxylic acids is 1. The number of hydrogen-bond donors (Lipinski definition) is 1. The summed E-state index contributed by atoms with van der Waals surface area (Å²) in [5.74, 6) is 1.26. The van der Waals surface area contributed by atoms with Crippen molar-refractivity contribution in [3.8, 4) is 11.5 Å². The highest BCUT2D eigenvalue weighted by molar-refractivity contribution is 5.94. The van der Waals surface area contributed by atoms with Gasteiger partial charge in [0, 0.05) is 5.56 Å². The summed E-state index contributed by atoms with van der Waals surface area (Å²) in [6, 6.07) is 14.6. The summed E-state index contributed by atoms with van der Waals surface area (Å²) in [7, 11) is 3.19. The van der Waals surface area contributed by atoms with E-state index >= 15 is 0 Å². The molecular formula is C16H17NO3. The van der Waals surface area contributed by atoms with Gasteiger partial charge in [-0.15, -0.1) is 0 Å². The highest BCUT2D eigenvalue weighted by Crippen LogP contribution is 2.27. The Bertz CT molecular complexity index is 559. The zero-order chi connectivity index (χ0) is 14.4. The van der Waals surface area contributed by atoms with Gasteiger partial charge in [0.05, 0.1) is 26.3 Å². The predicted octanol–water partition coefficient (Wildman–Crippen LogP) is 2.63. The van der Waals surface area contributed by atoms with E-state index in [9.17, 15) is 4.79 Å². The number of hydrogen-bond acceptors (Lipinski definition) is 3. The first-order valence-corrected chi connectivity index (χ1v) is 6.29. The molecule has 2 aromatic carbocycles. The highest BCUT2D eigenvalue weighted by Gasteiger charge is 2.11. The Morgan fingerprint density at radius 3 is 2.10 bits per heavy atom. The fraction of sp³-hybridized carbons (Fsp3) is 0.188. The van der Waals surface area contributed by atoms with Gasteiger partial charge in [-0.2, -0.15) is 0 Å². The lowest BCUT2D eigenvalue weighted by Crippen LogP contribution is -2.23. The van der Waals surface area contributed by atoms with Gasteiger partial charge in [-0.05, 0) is 24.3 Å². The molecule has 0 saturated carbocycles. The van der Waals surface area contributed by atoms with E-state index in [0.717, 1.165) is 5.56 Å². The second-order valence-corrected chi connectivity index (χ2v) is 4.19. The second kappa shape index (κ2) is 6.61. The molecule has 1 N–H and O–H groups in total. The summed E-state index contributed by atoms with van der Waals surface area (Å²) in [6.07, 6.45) is 0. The molecule has 0 fully saturated rings. The Kier molecular flexibility index (Phi) is 4.60. The van der Waals surface area contributed by atoms with Crippen LogP contribution in [0.3, 0.4) is 0 Å². The van der Waals surface area contributed by atoms with Gasteiger partial charge in [0.1, 0.15) is 11.5 Å². The molecule has 0 aromatic heterocycles. The Hall–Kier alpha value is -2.49. The van der Waals surface area contributed by atoms with Crippen LogP contribution < -0.4 is 14.8 Å². The second-order valence-electron chi connectivity index (χ2n) is 4.19. The topological polar surface area (TPSA) is 47.6 Å². The first kappa shape index (κ1) is 13.9. The summed E-state index contributed by atoms with van der Waals surface area (Å²) < 4.78 is 10.6. The molecule has 0 radical (unpaired) electrons. The lowest BCUT2D eigenvalue weighted by Gasteiger charge is -2.13. The monoisotopic (exact) mass is 271 g/mol. The van der Waals surface area contributed by atoms with Crippen LogP contribution in [0.15, 0.2) is 48.5 Å². The molecule has 0 saturated heterocycles. The fourth-order valence-corrected chi connectivity index (χ4v) is 1.96. The smallest absolute Gasteiger partial charge is 0.251 e. The Labute approximate surface area is 118 Å². The van der Waals surface area contributed by atoms with Crippen LogP contribution in [0.2, 0.25) is 0 Å². The Balaban J connectivity index is 2.13. The fourth-order valence-electron chi connectivity index (χ4n) is 1.96. The van der Waals surface area contributed by atoms with E-state index in [1.165, 1.54) is 0 Å². The van der Waals surface area contributed by atoms with Crippen molar-refractivity contribution in [1.82, 2.24) is 5.32 Å². The molecule has 0 aliphatic heterocycles. The van der Waals surface area contributed by atoms with Crippen LogP contribution in [0.5, 0.6) is 11.5 Å². The number of rotatable bonds is 5. The van der Waals surface area contributed by atoms with Crippen molar-refractivity contribution >= 4 is 5.91 Å². The SMILES string of the molecule is COc1cccc(OC)c1CNC(=O)c1ccccc1. The highest BCUT2D eigenvalue weighted by atomic mass is 16.5. The van der Waals surface area contributed by atoms with Crippen molar-refractivity contribution in [2.24, 2.45) is 0 Å². The third-order valence-electron chi connectivity index (χ3n) is 2.99. The zero-order valence-corrected chi connectivity index (χ0v) is 11.6. The molecule has 0 unspecified atom stereocenters. The molecule has 0 bridgehead atoms. The average Bonchev–Trinajstić information content (AvgIpc) is 2.52. The molecule has 0 aliphatic carbocycles. The average molecular weight is 271 g/mol. The molecular weight excluding hydrogens is 254 g/mol. The van der Waals surface area contributed by atoms with Gasteiger partial charge in [-0.25, -0.2) is 0 Å². The van der Waals surface area contributed by atoms with Crippen LogP contribution >= 0.6 is 0 Å². The van der Waals surface area contributed by atoms with Crippen molar-refractivity contribution in [3.63, 3.8) is 0 Å². The van der Waals surface area contributed by atoms with Crippen LogP contribution in [0.1, 0.15) is 15.9 Å². The number of benzene rings is 2. The van der Waals surface area contributed by atoms with Crippen molar-refractivity contribution < 1.29 is 14.3 Å². The maximum absolute atomic E-state index is 12.0. The van der Waals surface area contributed by atoms with Crippen molar-refractivity contribution in [1.29, 1.82) is 0 Å². The summed E-state index contributed by atoms with van der Waals surface area (Å²) in [5.41, 5.74) is 1.45. The third-order valence-corrected chi connectivity index (χ3v) is 2.99. The lowest BCUT2D eigenvalue weighted by molar-refractivity contribution is 0.0950. The molecule has 2 rings (SSSR count). The number of ether oxygens (including phenoxy) is 2. The van der Waals surface area contributed by atoms with Gasteiger partial charge < -0.3 is 14.8 Å². The van der Waals surface area contributed by atoms with Crippen LogP contribution in [-0.2, 0) is 6.54 Å². The first-order valence-electron chi connectivity index (χ1n) is 6.29. The zero-order valence-electron chi connectivity index (χ0n) is 11.6. The minimum absolute atomic E-state index is 0.126. The van der Waals surface area contributed by atoms with Gasteiger partial charge in [-0.1, -0.05) is 24.3 Å². The van der Waals surface area contributed by atoms with Gasteiger partial charge in [-0.3, -0.25) is 4.79 Å². The molecule has 0 heterocycles. The van der Waals surface area contributed by atoms with Gasteiger partial charge >= 0.3 is 0 Å². The number of amides is 1. The largest absolute Gasteiger partial charge is 0.496 e. The van der Waals surface area contributed by atoms with Crippen LogP contribution in [0, 0.1) is 0 Å². The molecule has 0 spiro atoms. The van der Waals surface area contributed by atoms with Crippen LogP contribution in [0.25, 0.3) is 0 Å². The summed E-state index contributed by atoms with van der Waals surface area (Å²) in [5, 5.41) is 2.87. The number of methoxy groups -OCH3 is 2. The van der Waals surface area contributed by atoms with E-state index < -0.39 is 0 Å². The van der Waals surface area contributed by atoms with Gasteiger partial charge in [0.25, 0.3) is 5.91 Å². The minimum atomic E-state index is -0.126. The van der Waals surface area contributed by atoms with E-state index in [1.807, 2.05) is 36.4 Å². The maximum atomic E-state index is 12.0. The standard InChI is InChI=1S/C16H17NO3/c1-19-14-9-6-10-15(20-2)13(14)11-17-16(18)12-7-4-3-5-8-12/h3-10H,11H2,1-2H3,(H,17,18). The quantitative estimate of drug-likeness (QED) is 0.909. The van der Waals surface area contributed by atoms with Gasteiger partial charge in [0.15, 0.2) is 0 Å². The molecule has 20 heavy (non-hydrogen) atoms. The lowest BCUT2D eigenvalue weighted by atomic mass is 10.1. The molecule has 0 atom stereocenters. The van der Waals surface area contributed by atoms with Gasteiger partial charge in [0.2, 0.25) is 0 Å². The number of carbonyl (C=O) groups is 1. The van der Waals surface area contributed by atoms with E-state index in [2.05, 4.69) is 5.32 Å². The van der Waals surface area contributed by atoms with E-state index in [0.29, 0.717) is 23.6 Å². The van der Waals surface area contributed by atoms with Crippen LogP contribution in [0.4, 0.5) is 0 Å². The third kappa shape index (κ3) is 3.09. The molecule has 2 aromatic rings. The van der Waals surface area contributed by atoms with Crippen molar-refractivity contribution in [2.45, 2.75) is 6.54 Å². The summed E-state index contributed by atoms with van der Waals surface area (Å²) in [6.45, 7) is 0.348. The van der Waals surface area contributed by atoms with Crippen molar-refractivity contribution in [3.05, 3.63) is 59.7 Å². The molecule has 4 nitrogen and oxygen atoms in total. The molecule has 104 valence electrons. The van der Waals surface area contributed by atoms with E-state index in [1.54, 1.807) is 26.4 Å². The number of nitrogens with one attached hydrogen (secondary N) is 1. The Morgan fingerprint density at radius 2 is 1.55 bits per heavy atom. The normalized spacial score (nSPS) is 9.90.